The van der Waals surface area contributed by atoms with Crippen LogP contribution in [0.5, 0.6) is 5.75 Å². The average molecular weight is 240 g/mol. The van der Waals surface area contributed by atoms with Gasteiger partial charge in [-0.2, -0.15) is 0 Å². The third kappa shape index (κ3) is 2.78. The third-order valence-electron chi connectivity index (χ3n) is 3.06. The molecule has 96 valence electrons. The maximum absolute atomic E-state index is 13.9. The minimum atomic E-state index is -0.517. The lowest BCUT2D eigenvalue weighted by Gasteiger charge is -2.26. The van der Waals surface area contributed by atoms with Crippen LogP contribution in [0.4, 0.5) is 4.39 Å². The first-order valence-corrected chi connectivity index (χ1v) is 5.82. The molecule has 0 saturated carbocycles. The molecule has 0 heterocycles. The summed E-state index contributed by atoms with van der Waals surface area (Å²) in [5.41, 5.74) is 1.11. The molecule has 1 rings (SSSR count). The maximum Gasteiger partial charge on any atom is 0.165 e. The predicted molar refractivity (Wildman–Crippen MR) is 67.2 cm³/mol. The van der Waals surface area contributed by atoms with Crippen molar-refractivity contribution in [1.82, 2.24) is 0 Å². The van der Waals surface area contributed by atoms with Crippen LogP contribution in [0.25, 0.3) is 0 Å². The van der Waals surface area contributed by atoms with E-state index in [9.17, 15) is 9.50 Å². The summed E-state index contributed by atoms with van der Waals surface area (Å²) in [5, 5.41) is 9.41. The number of ether oxygens (including phenoxy) is 1. The van der Waals surface area contributed by atoms with E-state index in [1.54, 1.807) is 0 Å². The highest BCUT2D eigenvalue weighted by molar-refractivity contribution is 5.44. The Hall–Kier alpha value is -1.09. The number of methoxy groups -OCH3 is 1. The Morgan fingerprint density at radius 2 is 1.94 bits per heavy atom. The minimum Gasteiger partial charge on any atom is -0.493 e. The molecule has 2 nitrogen and oxygen atoms in total. The van der Waals surface area contributed by atoms with E-state index in [1.807, 2.05) is 33.8 Å². The van der Waals surface area contributed by atoms with Crippen molar-refractivity contribution in [1.29, 1.82) is 0 Å². The third-order valence-corrected chi connectivity index (χ3v) is 3.06. The van der Waals surface area contributed by atoms with Crippen molar-refractivity contribution in [3.05, 3.63) is 29.1 Å². The number of halogens is 1. The molecule has 0 aliphatic rings. The molecule has 0 bridgehead atoms. The van der Waals surface area contributed by atoms with Crippen molar-refractivity contribution >= 4 is 0 Å². The SMILES string of the molecule is COc1c(F)cc(C(C)C)cc1C(C)(C)CO. The van der Waals surface area contributed by atoms with Crippen LogP contribution in [0.1, 0.15) is 44.7 Å². The van der Waals surface area contributed by atoms with E-state index in [0.717, 1.165) is 5.56 Å². The zero-order valence-electron chi connectivity index (χ0n) is 11.2. The molecule has 0 aromatic heterocycles. The quantitative estimate of drug-likeness (QED) is 0.875. The molecule has 0 unspecified atom stereocenters. The Morgan fingerprint density at radius 3 is 2.35 bits per heavy atom. The van der Waals surface area contributed by atoms with Crippen LogP contribution in [-0.4, -0.2) is 18.8 Å². The van der Waals surface area contributed by atoms with E-state index in [0.29, 0.717) is 5.56 Å². The van der Waals surface area contributed by atoms with Gasteiger partial charge in [-0.3, -0.25) is 0 Å². The molecule has 1 aromatic rings. The van der Waals surface area contributed by atoms with E-state index in [4.69, 9.17) is 4.74 Å². The molecule has 0 spiro atoms. The smallest absolute Gasteiger partial charge is 0.165 e. The summed E-state index contributed by atoms with van der Waals surface area (Å²) in [6.07, 6.45) is 0. The van der Waals surface area contributed by atoms with Crippen molar-refractivity contribution in [3.8, 4) is 5.75 Å². The molecule has 0 amide bonds. The van der Waals surface area contributed by atoms with Gasteiger partial charge in [0.2, 0.25) is 0 Å². The number of aliphatic hydroxyl groups is 1. The van der Waals surface area contributed by atoms with E-state index in [1.165, 1.54) is 13.2 Å². The maximum atomic E-state index is 13.9. The summed E-state index contributed by atoms with van der Waals surface area (Å²) in [6, 6.07) is 3.42. The fourth-order valence-electron chi connectivity index (χ4n) is 1.74. The van der Waals surface area contributed by atoms with Crippen LogP contribution < -0.4 is 4.74 Å². The molecule has 17 heavy (non-hydrogen) atoms. The lowest BCUT2D eigenvalue weighted by molar-refractivity contribution is 0.213. The fraction of sp³-hybridized carbons (Fsp3) is 0.571. The average Bonchev–Trinajstić information content (AvgIpc) is 2.27. The van der Waals surface area contributed by atoms with Gasteiger partial charge in [0.25, 0.3) is 0 Å². The standard InChI is InChI=1S/C14H21FO2/c1-9(2)10-6-11(14(3,4)8-16)13(17-5)12(15)7-10/h6-7,9,16H,8H2,1-5H3. The molecule has 0 aliphatic heterocycles. The first-order valence-electron chi connectivity index (χ1n) is 5.82. The van der Waals surface area contributed by atoms with Gasteiger partial charge in [-0.25, -0.2) is 4.39 Å². The van der Waals surface area contributed by atoms with Crippen molar-refractivity contribution in [2.75, 3.05) is 13.7 Å². The summed E-state index contributed by atoms with van der Waals surface area (Å²) in [7, 11) is 1.45. The van der Waals surface area contributed by atoms with Crippen molar-refractivity contribution in [2.24, 2.45) is 0 Å². The zero-order chi connectivity index (χ0) is 13.2. The highest BCUT2D eigenvalue weighted by atomic mass is 19.1. The Bertz CT molecular complexity index is 397. The van der Waals surface area contributed by atoms with Crippen LogP contribution in [-0.2, 0) is 5.41 Å². The van der Waals surface area contributed by atoms with Crippen LogP contribution >= 0.6 is 0 Å². The number of hydrogen-bond donors (Lipinski definition) is 1. The molecule has 3 heteroatoms. The van der Waals surface area contributed by atoms with Crippen LogP contribution in [0, 0.1) is 5.82 Å². The van der Waals surface area contributed by atoms with Gasteiger partial charge in [-0.1, -0.05) is 33.8 Å². The second-order valence-electron chi connectivity index (χ2n) is 5.28. The van der Waals surface area contributed by atoms with Crippen molar-refractivity contribution in [2.45, 2.75) is 39.0 Å². The van der Waals surface area contributed by atoms with E-state index >= 15 is 0 Å². The van der Waals surface area contributed by atoms with Gasteiger partial charge in [0, 0.05) is 11.0 Å². The van der Waals surface area contributed by atoms with Crippen LogP contribution in [0.15, 0.2) is 12.1 Å². The second kappa shape index (κ2) is 5.05. The summed E-state index contributed by atoms with van der Waals surface area (Å²) >= 11 is 0. The van der Waals surface area contributed by atoms with Crippen molar-refractivity contribution in [3.63, 3.8) is 0 Å². The predicted octanol–water partition coefficient (Wildman–Crippen LogP) is 3.23. The Morgan fingerprint density at radius 1 is 1.35 bits per heavy atom. The van der Waals surface area contributed by atoms with Gasteiger partial charge in [0.1, 0.15) is 0 Å². The molecule has 0 radical (unpaired) electrons. The summed E-state index contributed by atoms with van der Waals surface area (Å²) < 4.78 is 19.0. The number of aliphatic hydroxyl groups excluding tert-OH is 1. The highest BCUT2D eigenvalue weighted by Crippen LogP contribution is 2.36. The number of rotatable bonds is 4. The largest absolute Gasteiger partial charge is 0.493 e. The lowest BCUT2D eigenvalue weighted by atomic mass is 9.82. The molecule has 0 fully saturated rings. The first kappa shape index (κ1) is 14.0. The van der Waals surface area contributed by atoms with E-state index in [2.05, 4.69) is 0 Å². The number of benzene rings is 1. The molecular formula is C14H21FO2. The normalized spacial score (nSPS) is 12.0. The van der Waals surface area contributed by atoms with Gasteiger partial charge in [-0.15, -0.1) is 0 Å². The summed E-state index contributed by atoms with van der Waals surface area (Å²) in [5.74, 6) is 0.104. The van der Waals surface area contributed by atoms with Gasteiger partial charge < -0.3 is 9.84 Å². The lowest BCUT2D eigenvalue weighted by Crippen LogP contribution is -2.23. The Kier molecular flexibility index (Phi) is 4.15. The van der Waals surface area contributed by atoms with Crippen LogP contribution in [0.3, 0.4) is 0 Å². The second-order valence-corrected chi connectivity index (χ2v) is 5.28. The molecule has 0 aliphatic carbocycles. The highest BCUT2D eigenvalue weighted by Gasteiger charge is 2.26. The monoisotopic (exact) mass is 240 g/mol. The molecule has 1 N–H and O–H groups in total. The van der Waals surface area contributed by atoms with Gasteiger partial charge in [0.15, 0.2) is 11.6 Å². The molecule has 0 atom stereocenters. The molecular weight excluding hydrogens is 219 g/mol. The minimum absolute atomic E-state index is 0.0512. The summed E-state index contributed by atoms with van der Waals surface area (Å²) in [4.78, 5) is 0. The molecule has 1 aromatic carbocycles. The first-order chi connectivity index (χ1) is 7.83. The number of hydrogen-bond acceptors (Lipinski definition) is 2. The van der Waals surface area contributed by atoms with E-state index < -0.39 is 5.41 Å². The van der Waals surface area contributed by atoms with Gasteiger partial charge >= 0.3 is 0 Å². The molecule has 0 saturated heterocycles. The Balaban J connectivity index is 3.44. The summed E-state index contributed by atoms with van der Waals surface area (Å²) in [6.45, 7) is 7.71. The van der Waals surface area contributed by atoms with Crippen LogP contribution in [0.2, 0.25) is 0 Å². The topological polar surface area (TPSA) is 29.5 Å². The fourth-order valence-corrected chi connectivity index (χ4v) is 1.74. The zero-order valence-corrected chi connectivity index (χ0v) is 11.2. The van der Waals surface area contributed by atoms with E-state index in [-0.39, 0.29) is 24.1 Å². The Labute approximate surface area is 102 Å². The van der Waals surface area contributed by atoms with Gasteiger partial charge in [0.05, 0.1) is 13.7 Å². The van der Waals surface area contributed by atoms with Crippen molar-refractivity contribution < 1.29 is 14.2 Å². The van der Waals surface area contributed by atoms with Gasteiger partial charge in [-0.05, 0) is 17.5 Å².